The average Bonchev–Trinajstić information content (AvgIpc) is 2.81. The van der Waals surface area contributed by atoms with Gasteiger partial charge in [0.15, 0.2) is 0 Å². The Morgan fingerprint density at radius 1 is 1.10 bits per heavy atom. The van der Waals surface area contributed by atoms with E-state index in [1.54, 1.807) is 18.2 Å². The van der Waals surface area contributed by atoms with Crippen LogP contribution >= 0.6 is 0 Å². The second-order valence-corrected chi connectivity index (χ2v) is 6.17. The van der Waals surface area contributed by atoms with Gasteiger partial charge in [-0.1, -0.05) is 18.9 Å². The first-order chi connectivity index (χ1) is 9.52. The molecule has 2 N–H and O–H groups in total. The third-order valence-electron chi connectivity index (χ3n) is 4.80. The molecule has 0 bridgehead atoms. The second-order valence-electron chi connectivity index (χ2n) is 6.17. The normalized spacial score (nSPS) is 21.8. The van der Waals surface area contributed by atoms with E-state index in [-0.39, 0.29) is 17.2 Å². The van der Waals surface area contributed by atoms with E-state index in [0.29, 0.717) is 24.2 Å². The minimum atomic E-state index is -0.0724. The van der Waals surface area contributed by atoms with Gasteiger partial charge in [0, 0.05) is 18.5 Å². The number of imide groups is 1. The average molecular weight is 272 g/mol. The van der Waals surface area contributed by atoms with Crippen LogP contribution in [0.25, 0.3) is 0 Å². The van der Waals surface area contributed by atoms with Gasteiger partial charge in [-0.2, -0.15) is 0 Å². The minimum Gasteiger partial charge on any atom is -0.398 e. The molecule has 3 rings (SSSR count). The lowest BCUT2D eigenvalue weighted by Crippen LogP contribution is -2.47. The number of benzene rings is 1. The van der Waals surface area contributed by atoms with Crippen LogP contribution in [-0.2, 0) is 9.59 Å². The lowest BCUT2D eigenvalue weighted by atomic mass is 9.76. The van der Waals surface area contributed by atoms with Gasteiger partial charge in [0.2, 0.25) is 11.8 Å². The molecule has 1 aromatic rings. The van der Waals surface area contributed by atoms with Gasteiger partial charge in [-0.3, -0.25) is 14.5 Å². The predicted molar refractivity (Wildman–Crippen MR) is 78.2 cm³/mol. The number of carbonyl (C=O) groups excluding carboxylic acids is 2. The van der Waals surface area contributed by atoms with E-state index < -0.39 is 0 Å². The maximum Gasteiger partial charge on any atom is 0.234 e. The van der Waals surface area contributed by atoms with Crippen LogP contribution in [0.5, 0.6) is 0 Å². The summed E-state index contributed by atoms with van der Waals surface area (Å²) in [5, 5.41) is 0. The van der Waals surface area contributed by atoms with E-state index in [9.17, 15) is 9.59 Å². The molecule has 0 aromatic heterocycles. The van der Waals surface area contributed by atoms with Crippen molar-refractivity contribution in [2.24, 2.45) is 5.41 Å². The number of nitrogen functional groups attached to an aromatic ring is 1. The van der Waals surface area contributed by atoms with Crippen molar-refractivity contribution < 1.29 is 9.59 Å². The fourth-order valence-electron chi connectivity index (χ4n) is 3.63. The molecule has 1 aliphatic carbocycles. The zero-order chi connectivity index (χ0) is 14.3. The Kier molecular flexibility index (Phi) is 3.04. The highest BCUT2D eigenvalue weighted by Gasteiger charge is 2.45. The van der Waals surface area contributed by atoms with Crippen molar-refractivity contribution in [3.8, 4) is 0 Å². The Morgan fingerprint density at radius 2 is 1.70 bits per heavy atom. The molecule has 2 fully saturated rings. The molecule has 4 nitrogen and oxygen atoms in total. The van der Waals surface area contributed by atoms with Gasteiger partial charge >= 0.3 is 0 Å². The summed E-state index contributed by atoms with van der Waals surface area (Å²) in [5.74, 6) is -0.145. The number of hydrogen-bond donors (Lipinski definition) is 1. The standard InChI is InChI=1S/C16H20N2O2/c1-11-12(17)5-4-6-13(11)18-14(19)9-16(10-15(18)20)7-2-3-8-16/h4-6H,2-3,7-10,17H2,1H3. The Balaban J connectivity index is 1.94. The van der Waals surface area contributed by atoms with Gasteiger partial charge in [-0.15, -0.1) is 0 Å². The topological polar surface area (TPSA) is 63.4 Å². The first-order valence-electron chi connectivity index (χ1n) is 7.23. The summed E-state index contributed by atoms with van der Waals surface area (Å²) in [5.41, 5.74) is 7.89. The fourth-order valence-corrected chi connectivity index (χ4v) is 3.63. The first kappa shape index (κ1) is 13.2. The van der Waals surface area contributed by atoms with Gasteiger partial charge in [0.05, 0.1) is 5.69 Å². The summed E-state index contributed by atoms with van der Waals surface area (Å²) in [7, 11) is 0. The first-order valence-corrected chi connectivity index (χ1v) is 7.23. The van der Waals surface area contributed by atoms with E-state index in [1.165, 1.54) is 4.90 Å². The van der Waals surface area contributed by atoms with E-state index in [2.05, 4.69) is 0 Å². The van der Waals surface area contributed by atoms with Crippen molar-refractivity contribution in [2.75, 3.05) is 10.6 Å². The Hall–Kier alpha value is -1.84. The molecule has 1 spiro atoms. The highest BCUT2D eigenvalue weighted by Crippen LogP contribution is 2.47. The Bertz CT molecular complexity index is 554. The summed E-state index contributed by atoms with van der Waals surface area (Å²) < 4.78 is 0. The Morgan fingerprint density at radius 3 is 2.30 bits per heavy atom. The number of nitrogens with two attached hydrogens (primary N) is 1. The van der Waals surface area contributed by atoms with Gasteiger partial charge in [-0.25, -0.2) is 0 Å². The lowest BCUT2D eigenvalue weighted by Gasteiger charge is -2.37. The SMILES string of the molecule is Cc1c(N)cccc1N1C(=O)CC2(CCCC2)CC1=O. The monoisotopic (exact) mass is 272 g/mol. The van der Waals surface area contributed by atoms with Crippen LogP contribution in [0.2, 0.25) is 0 Å². The zero-order valence-electron chi connectivity index (χ0n) is 11.8. The largest absolute Gasteiger partial charge is 0.398 e. The quantitative estimate of drug-likeness (QED) is 0.631. The molecule has 0 atom stereocenters. The molecule has 1 saturated carbocycles. The molecule has 1 saturated heterocycles. The molecule has 106 valence electrons. The molecule has 0 unspecified atom stereocenters. The molecular weight excluding hydrogens is 252 g/mol. The van der Waals surface area contributed by atoms with Crippen molar-refractivity contribution >= 4 is 23.2 Å². The third kappa shape index (κ3) is 1.99. The van der Waals surface area contributed by atoms with Crippen LogP contribution < -0.4 is 10.6 Å². The second kappa shape index (κ2) is 4.62. The number of carbonyl (C=O) groups is 2. The molecule has 20 heavy (non-hydrogen) atoms. The van der Waals surface area contributed by atoms with Crippen molar-refractivity contribution in [3.63, 3.8) is 0 Å². The minimum absolute atomic E-state index is 0.0567. The van der Waals surface area contributed by atoms with Crippen LogP contribution in [0.15, 0.2) is 18.2 Å². The Labute approximate surface area is 118 Å². The highest BCUT2D eigenvalue weighted by molar-refractivity contribution is 6.17. The van der Waals surface area contributed by atoms with E-state index >= 15 is 0 Å². The molecule has 2 amide bonds. The summed E-state index contributed by atoms with van der Waals surface area (Å²) in [4.78, 5) is 26.3. The molecule has 2 aliphatic rings. The summed E-state index contributed by atoms with van der Waals surface area (Å²) >= 11 is 0. The van der Waals surface area contributed by atoms with E-state index in [1.807, 2.05) is 6.92 Å². The maximum absolute atomic E-state index is 12.5. The van der Waals surface area contributed by atoms with Crippen molar-refractivity contribution in [2.45, 2.75) is 45.4 Å². The molecule has 0 radical (unpaired) electrons. The number of rotatable bonds is 1. The van der Waals surface area contributed by atoms with Crippen molar-refractivity contribution in [1.82, 2.24) is 0 Å². The predicted octanol–water partition coefficient (Wildman–Crippen LogP) is 2.79. The molecule has 4 heteroatoms. The van der Waals surface area contributed by atoms with Gasteiger partial charge in [-0.05, 0) is 42.9 Å². The fraction of sp³-hybridized carbons (Fsp3) is 0.500. The summed E-state index contributed by atoms with van der Waals surface area (Å²) in [6, 6.07) is 5.38. The van der Waals surface area contributed by atoms with Gasteiger partial charge in [0.1, 0.15) is 0 Å². The van der Waals surface area contributed by atoms with Crippen molar-refractivity contribution in [3.05, 3.63) is 23.8 Å². The molecule has 1 aromatic carbocycles. The number of nitrogens with zero attached hydrogens (tertiary/aromatic N) is 1. The number of amides is 2. The molecule has 1 aliphatic heterocycles. The lowest BCUT2D eigenvalue weighted by molar-refractivity contribution is -0.133. The highest BCUT2D eigenvalue weighted by atomic mass is 16.2. The van der Waals surface area contributed by atoms with E-state index in [4.69, 9.17) is 5.73 Å². The van der Waals surface area contributed by atoms with Crippen LogP contribution in [0.4, 0.5) is 11.4 Å². The maximum atomic E-state index is 12.5. The molecular formula is C16H20N2O2. The number of anilines is 2. The third-order valence-corrected chi connectivity index (χ3v) is 4.80. The zero-order valence-corrected chi connectivity index (χ0v) is 11.8. The summed E-state index contributed by atoms with van der Waals surface area (Å²) in [6.45, 7) is 1.85. The van der Waals surface area contributed by atoms with Crippen LogP contribution in [-0.4, -0.2) is 11.8 Å². The van der Waals surface area contributed by atoms with Crippen molar-refractivity contribution in [1.29, 1.82) is 0 Å². The van der Waals surface area contributed by atoms with Crippen LogP contribution in [0, 0.1) is 12.3 Å². The molecule has 1 heterocycles. The van der Waals surface area contributed by atoms with Crippen LogP contribution in [0.1, 0.15) is 44.1 Å². The van der Waals surface area contributed by atoms with Gasteiger partial charge in [0.25, 0.3) is 0 Å². The smallest absolute Gasteiger partial charge is 0.234 e. The summed E-state index contributed by atoms with van der Waals surface area (Å²) in [6.07, 6.45) is 5.28. The van der Waals surface area contributed by atoms with E-state index in [0.717, 1.165) is 31.2 Å². The number of piperidine rings is 1. The van der Waals surface area contributed by atoms with Crippen LogP contribution in [0.3, 0.4) is 0 Å². The van der Waals surface area contributed by atoms with Gasteiger partial charge < -0.3 is 5.73 Å². The number of hydrogen-bond acceptors (Lipinski definition) is 3.